The molecule has 0 aromatic heterocycles. The van der Waals surface area contributed by atoms with E-state index in [2.05, 4.69) is 6.92 Å². The molecule has 0 spiro atoms. The Kier molecular flexibility index (Phi) is 19.8. The topological polar surface area (TPSA) is 38.7 Å². The van der Waals surface area contributed by atoms with E-state index in [1.807, 2.05) is 6.92 Å². The van der Waals surface area contributed by atoms with Gasteiger partial charge in [-0.2, -0.15) is 0 Å². The molecule has 0 aromatic rings. The van der Waals surface area contributed by atoms with E-state index in [1.165, 1.54) is 83.5 Å². The van der Waals surface area contributed by atoms with Crippen molar-refractivity contribution in [2.75, 3.05) is 19.8 Å². The van der Waals surface area contributed by atoms with Gasteiger partial charge in [0.15, 0.2) is 6.29 Å². The third kappa shape index (κ3) is 18.1. The van der Waals surface area contributed by atoms with E-state index in [1.54, 1.807) is 0 Å². The van der Waals surface area contributed by atoms with Crippen LogP contribution >= 0.6 is 0 Å². The van der Waals surface area contributed by atoms with Crippen molar-refractivity contribution >= 4 is 0 Å². The summed E-state index contributed by atoms with van der Waals surface area (Å²) in [5.74, 6) is 0. The van der Waals surface area contributed by atoms with Gasteiger partial charge < -0.3 is 14.6 Å². The maximum Gasteiger partial charge on any atom is 0.180 e. The van der Waals surface area contributed by atoms with Crippen LogP contribution in [0.25, 0.3) is 0 Å². The molecule has 23 heavy (non-hydrogen) atoms. The van der Waals surface area contributed by atoms with Gasteiger partial charge in [-0.25, -0.2) is 0 Å². The summed E-state index contributed by atoms with van der Waals surface area (Å²) in [6, 6.07) is 0. The van der Waals surface area contributed by atoms with Gasteiger partial charge in [0.25, 0.3) is 0 Å². The van der Waals surface area contributed by atoms with E-state index in [9.17, 15) is 0 Å². The molecular weight excluding hydrogens is 288 g/mol. The van der Waals surface area contributed by atoms with Gasteiger partial charge in [-0.1, -0.05) is 90.4 Å². The van der Waals surface area contributed by atoms with Crippen LogP contribution in [0, 0.1) is 0 Å². The fraction of sp³-hybridized carbons (Fsp3) is 1.00. The van der Waals surface area contributed by atoms with Gasteiger partial charge in [0.1, 0.15) is 0 Å². The summed E-state index contributed by atoms with van der Waals surface area (Å²) in [5.41, 5.74) is 0. The summed E-state index contributed by atoms with van der Waals surface area (Å²) in [4.78, 5) is 0. The monoisotopic (exact) mass is 330 g/mol. The number of aliphatic hydroxyl groups is 1. The second-order valence-electron chi connectivity index (χ2n) is 6.53. The molecule has 0 fully saturated rings. The number of ether oxygens (including phenoxy) is 2. The zero-order chi connectivity index (χ0) is 17.0. The average Bonchev–Trinajstić information content (AvgIpc) is 2.57. The first-order valence-electron chi connectivity index (χ1n) is 10.2. The lowest BCUT2D eigenvalue weighted by atomic mass is 10.0. The van der Waals surface area contributed by atoms with E-state index in [-0.39, 0.29) is 6.61 Å². The van der Waals surface area contributed by atoms with E-state index in [4.69, 9.17) is 14.6 Å². The van der Waals surface area contributed by atoms with Crippen molar-refractivity contribution in [3.63, 3.8) is 0 Å². The Morgan fingerprint density at radius 3 is 1.43 bits per heavy atom. The number of hydrogen-bond acceptors (Lipinski definition) is 3. The SMILES string of the molecule is CCCCCCCCCCCCCCCCOC(CO)OCC. The Balaban J connectivity index is 3.07. The molecule has 0 aliphatic heterocycles. The Morgan fingerprint density at radius 1 is 0.609 bits per heavy atom. The van der Waals surface area contributed by atoms with Gasteiger partial charge in [-0.05, 0) is 13.3 Å². The zero-order valence-corrected chi connectivity index (χ0v) is 15.9. The summed E-state index contributed by atoms with van der Waals surface area (Å²) in [5, 5.41) is 9.02. The highest BCUT2D eigenvalue weighted by Crippen LogP contribution is 2.13. The first-order valence-corrected chi connectivity index (χ1v) is 10.2. The van der Waals surface area contributed by atoms with Crippen LogP contribution in [-0.2, 0) is 9.47 Å². The first kappa shape index (κ1) is 22.9. The number of rotatable bonds is 19. The second-order valence-corrected chi connectivity index (χ2v) is 6.53. The minimum atomic E-state index is -0.429. The summed E-state index contributed by atoms with van der Waals surface area (Å²) in [6.07, 6.45) is 18.7. The number of unbranched alkanes of at least 4 members (excludes halogenated alkanes) is 13. The maximum atomic E-state index is 9.02. The van der Waals surface area contributed by atoms with Crippen molar-refractivity contribution in [3.05, 3.63) is 0 Å². The highest BCUT2D eigenvalue weighted by Gasteiger charge is 2.05. The first-order chi connectivity index (χ1) is 11.3. The molecule has 0 aliphatic rings. The molecule has 0 heterocycles. The molecule has 0 saturated carbocycles. The molecule has 0 amide bonds. The predicted molar refractivity (Wildman–Crippen MR) is 98.8 cm³/mol. The van der Waals surface area contributed by atoms with Crippen molar-refractivity contribution in [2.24, 2.45) is 0 Å². The highest BCUT2D eigenvalue weighted by atomic mass is 16.7. The molecule has 1 unspecified atom stereocenters. The van der Waals surface area contributed by atoms with Crippen molar-refractivity contribution in [1.82, 2.24) is 0 Å². The van der Waals surface area contributed by atoms with Crippen LogP contribution < -0.4 is 0 Å². The molecule has 0 bridgehead atoms. The van der Waals surface area contributed by atoms with Crippen LogP contribution in [0.3, 0.4) is 0 Å². The Morgan fingerprint density at radius 2 is 1.04 bits per heavy atom. The smallest absolute Gasteiger partial charge is 0.180 e. The molecule has 1 N–H and O–H groups in total. The van der Waals surface area contributed by atoms with Crippen LogP contribution in [0.4, 0.5) is 0 Å². The molecule has 0 rings (SSSR count). The van der Waals surface area contributed by atoms with Gasteiger partial charge in [-0.15, -0.1) is 0 Å². The quantitative estimate of drug-likeness (QED) is 0.239. The normalized spacial score (nSPS) is 12.7. The van der Waals surface area contributed by atoms with Crippen LogP contribution in [0.2, 0.25) is 0 Å². The lowest BCUT2D eigenvalue weighted by molar-refractivity contribution is -0.160. The third-order valence-electron chi connectivity index (χ3n) is 4.30. The summed E-state index contributed by atoms with van der Waals surface area (Å²) in [6.45, 7) is 5.43. The summed E-state index contributed by atoms with van der Waals surface area (Å²) < 4.78 is 10.7. The molecule has 0 aliphatic carbocycles. The van der Waals surface area contributed by atoms with Crippen LogP contribution in [0.15, 0.2) is 0 Å². The Labute approximate surface area is 145 Å². The molecule has 3 heteroatoms. The van der Waals surface area contributed by atoms with Gasteiger partial charge in [0.05, 0.1) is 6.61 Å². The average molecular weight is 331 g/mol. The van der Waals surface area contributed by atoms with E-state index in [0.717, 1.165) is 6.42 Å². The van der Waals surface area contributed by atoms with E-state index >= 15 is 0 Å². The molecule has 0 radical (unpaired) electrons. The van der Waals surface area contributed by atoms with Crippen molar-refractivity contribution < 1.29 is 14.6 Å². The predicted octanol–water partition coefficient (Wildman–Crippen LogP) is 5.84. The lowest BCUT2D eigenvalue weighted by Gasteiger charge is -2.14. The molecular formula is C20H42O3. The maximum absolute atomic E-state index is 9.02. The summed E-state index contributed by atoms with van der Waals surface area (Å²) >= 11 is 0. The fourth-order valence-corrected chi connectivity index (χ4v) is 2.85. The van der Waals surface area contributed by atoms with Crippen LogP contribution in [-0.4, -0.2) is 31.2 Å². The molecule has 0 aromatic carbocycles. The highest BCUT2D eigenvalue weighted by molar-refractivity contribution is 4.49. The van der Waals surface area contributed by atoms with Crippen molar-refractivity contribution in [2.45, 2.75) is 110 Å². The molecule has 1 atom stereocenters. The van der Waals surface area contributed by atoms with Gasteiger partial charge >= 0.3 is 0 Å². The second kappa shape index (κ2) is 19.9. The lowest BCUT2D eigenvalue weighted by Crippen LogP contribution is -2.22. The minimum absolute atomic E-state index is 0.0492. The van der Waals surface area contributed by atoms with E-state index < -0.39 is 6.29 Å². The minimum Gasteiger partial charge on any atom is -0.391 e. The fourth-order valence-electron chi connectivity index (χ4n) is 2.85. The Bertz CT molecular complexity index is 209. The zero-order valence-electron chi connectivity index (χ0n) is 15.9. The number of aliphatic hydroxyl groups excluding tert-OH is 1. The van der Waals surface area contributed by atoms with Crippen LogP contribution in [0.5, 0.6) is 0 Å². The van der Waals surface area contributed by atoms with Crippen LogP contribution in [0.1, 0.15) is 104 Å². The number of hydrogen-bond donors (Lipinski definition) is 1. The molecule has 3 nitrogen and oxygen atoms in total. The molecule has 140 valence electrons. The third-order valence-corrected chi connectivity index (χ3v) is 4.30. The van der Waals surface area contributed by atoms with Crippen molar-refractivity contribution in [1.29, 1.82) is 0 Å². The standard InChI is InChI=1S/C20H42O3/c1-3-5-6-7-8-9-10-11-12-13-14-15-16-17-18-23-20(19-21)22-4-2/h20-21H,3-19H2,1-2H3. The summed E-state index contributed by atoms with van der Waals surface area (Å²) in [7, 11) is 0. The molecule has 0 saturated heterocycles. The van der Waals surface area contributed by atoms with Crippen molar-refractivity contribution in [3.8, 4) is 0 Å². The largest absolute Gasteiger partial charge is 0.391 e. The van der Waals surface area contributed by atoms with Gasteiger partial charge in [0.2, 0.25) is 0 Å². The van der Waals surface area contributed by atoms with Gasteiger partial charge in [-0.3, -0.25) is 0 Å². The Hall–Kier alpha value is -0.120. The van der Waals surface area contributed by atoms with Gasteiger partial charge in [0, 0.05) is 13.2 Å². The van der Waals surface area contributed by atoms with E-state index in [0.29, 0.717) is 13.2 Å².